The number of benzene rings is 1. The Balaban J connectivity index is 2.35. The maximum atomic E-state index is 11.3. The summed E-state index contributed by atoms with van der Waals surface area (Å²) >= 11 is 6.02. The largest absolute Gasteiger partial charge is 0.398 e. The van der Waals surface area contributed by atoms with E-state index in [4.69, 9.17) is 28.5 Å². The van der Waals surface area contributed by atoms with Gasteiger partial charge in [0, 0.05) is 41.3 Å². The van der Waals surface area contributed by atoms with E-state index >= 15 is 0 Å². The number of rotatable bonds is 3. The van der Waals surface area contributed by atoms with Gasteiger partial charge >= 0.3 is 0 Å². The number of carbonyl (C=O) groups is 1. The van der Waals surface area contributed by atoms with Crippen LogP contribution in [0.4, 0.5) is 11.4 Å². The summed E-state index contributed by atoms with van der Waals surface area (Å²) in [6.07, 6.45) is 2.91. The van der Waals surface area contributed by atoms with Crippen molar-refractivity contribution in [3.05, 3.63) is 22.7 Å². The van der Waals surface area contributed by atoms with Crippen LogP contribution in [0.5, 0.6) is 0 Å². The normalized spacial score (nSPS) is 19.2. The van der Waals surface area contributed by atoms with Crippen LogP contribution in [-0.2, 0) is 4.79 Å². The van der Waals surface area contributed by atoms with Crippen molar-refractivity contribution in [1.82, 2.24) is 0 Å². The number of hydrogen-bond acceptors (Lipinski definition) is 4. The number of primary amides is 1. The Morgan fingerprint density at radius 3 is 2.89 bits per heavy atom. The highest BCUT2D eigenvalue weighted by Gasteiger charge is 2.25. The van der Waals surface area contributed by atoms with E-state index in [2.05, 4.69) is 0 Å². The van der Waals surface area contributed by atoms with E-state index in [9.17, 15) is 4.79 Å². The molecule has 0 spiro atoms. The van der Waals surface area contributed by atoms with Crippen LogP contribution in [0, 0.1) is 11.3 Å². The zero-order chi connectivity index (χ0) is 14.0. The molecule has 1 saturated heterocycles. The van der Waals surface area contributed by atoms with Crippen molar-refractivity contribution >= 4 is 35.1 Å². The Morgan fingerprint density at radius 2 is 2.26 bits per heavy atom. The summed E-state index contributed by atoms with van der Waals surface area (Å²) in [6, 6.07) is 3.41. The van der Waals surface area contributed by atoms with Gasteiger partial charge in [0.05, 0.1) is 5.92 Å². The fourth-order valence-corrected chi connectivity index (χ4v) is 2.69. The van der Waals surface area contributed by atoms with Crippen LogP contribution in [-0.4, -0.2) is 25.2 Å². The summed E-state index contributed by atoms with van der Waals surface area (Å²) in [4.78, 5) is 13.3. The number of nitrogens with zero attached hydrogens (tertiary/aromatic N) is 1. The molecule has 0 bridgehead atoms. The third kappa shape index (κ3) is 2.81. The highest BCUT2D eigenvalue weighted by molar-refractivity contribution is 6.31. The minimum atomic E-state index is -0.281. The number of hydrogen-bond donors (Lipinski definition) is 3. The van der Waals surface area contributed by atoms with Gasteiger partial charge in [0.15, 0.2) is 0 Å². The van der Waals surface area contributed by atoms with Crippen molar-refractivity contribution in [3.63, 3.8) is 0 Å². The fourth-order valence-electron chi connectivity index (χ4n) is 2.47. The minimum absolute atomic E-state index is 0.160. The summed E-state index contributed by atoms with van der Waals surface area (Å²) < 4.78 is 0. The average molecular weight is 281 g/mol. The highest BCUT2D eigenvalue weighted by Crippen LogP contribution is 2.31. The molecule has 19 heavy (non-hydrogen) atoms. The lowest BCUT2D eigenvalue weighted by Crippen LogP contribution is -2.41. The van der Waals surface area contributed by atoms with Crippen molar-refractivity contribution in [3.8, 4) is 0 Å². The monoisotopic (exact) mass is 280 g/mol. The molecular formula is C13H17ClN4O. The third-order valence-corrected chi connectivity index (χ3v) is 3.68. The second-order valence-corrected chi connectivity index (χ2v) is 5.20. The third-order valence-electron chi connectivity index (χ3n) is 3.46. The maximum Gasteiger partial charge on any atom is 0.222 e. The molecule has 1 aliphatic heterocycles. The number of nitrogen functional groups attached to an aromatic ring is 1. The summed E-state index contributed by atoms with van der Waals surface area (Å²) in [5.41, 5.74) is 13.2. The van der Waals surface area contributed by atoms with Gasteiger partial charge in [0.1, 0.15) is 0 Å². The molecule has 0 radical (unpaired) electrons. The molecule has 0 aromatic heterocycles. The first kappa shape index (κ1) is 13.7. The molecule has 1 atom stereocenters. The second-order valence-electron chi connectivity index (χ2n) is 4.76. The molecule has 1 fully saturated rings. The lowest BCUT2D eigenvalue weighted by Gasteiger charge is -2.34. The van der Waals surface area contributed by atoms with Gasteiger partial charge < -0.3 is 21.8 Å². The lowest BCUT2D eigenvalue weighted by atomic mass is 9.96. The van der Waals surface area contributed by atoms with Crippen molar-refractivity contribution < 1.29 is 4.79 Å². The molecule has 1 aromatic carbocycles. The molecule has 1 heterocycles. The van der Waals surface area contributed by atoms with E-state index < -0.39 is 0 Å². The van der Waals surface area contributed by atoms with E-state index in [0.29, 0.717) is 22.8 Å². The van der Waals surface area contributed by atoms with Crippen LogP contribution in [0.3, 0.4) is 0 Å². The number of carbonyl (C=O) groups excluding carboxylic acids is 1. The number of nitrogens with two attached hydrogens (primary N) is 2. The fraction of sp³-hybridized carbons (Fsp3) is 0.385. The van der Waals surface area contributed by atoms with Gasteiger partial charge in [-0.15, -0.1) is 0 Å². The molecule has 5 nitrogen and oxygen atoms in total. The summed E-state index contributed by atoms with van der Waals surface area (Å²) in [5.74, 6) is -0.441. The van der Waals surface area contributed by atoms with Crippen LogP contribution < -0.4 is 16.4 Å². The van der Waals surface area contributed by atoms with Gasteiger partial charge in [-0.2, -0.15) is 0 Å². The van der Waals surface area contributed by atoms with Crippen molar-refractivity contribution in [2.24, 2.45) is 11.7 Å². The number of halogens is 1. The van der Waals surface area contributed by atoms with Crippen LogP contribution >= 0.6 is 11.6 Å². The first-order valence-corrected chi connectivity index (χ1v) is 6.54. The SMILES string of the molecule is N=Cc1c(N)cc(Cl)cc1N1CCCC(C(N)=O)C1. The Hall–Kier alpha value is -1.75. The quantitative estimate of drug-likeness (QED) is 0.580. The van der Waals surface area contributed by atoms with Gasteiger partial charge in [-0.05, 0) is 25.0 Å². The molecule has 2 rings (SSSR count). The van der Waals surface area contributed by atoms with Crippen LogP contribution in [0.2, 0.25) is 5.02 Å². The van der Waals surface area contributed by atoms with Crippen LogP contribution in [0.1, 0.15) is 18.4 Å². The van der Waals surface area contributed by atoms with E-state index in [1.54, 1.807) is 12.1 Å². The minimum Gasteiger partial charge on any atom is -0.398 e. The average Bonchev–Trinajstić information content (AvgIpc) is 2.38. The molecular weight excluding hydrogens is 264 g/mol. The molecule has 1 aliphatic rings. The summed E-state index contributed by atoms with van der Waals surface area (Å²) in [5, 5.41) is 8.01. The standard InChI is InChI=1S/C13H17ClN4O/c14-9-4-11(16)10(6-15)12(5-9)18-3-1-2-8(7-18)13(17)19/h4-6,8,15H,1-3,7,16H2,(H2,17,19). The lowest BCUT2D eigenvalue weighted by molar-refractivity contribution is -0.122. The molecule has 0 aliphatic carbocycles. The first-order valence-electron chi connectivity index (χ1n) is 6.16. The van der Waals surface area contributed by atoms with E-state index in [0.717, 1.165) is 25.1 Å². The van der Waals surface area contributed by atoms with Crippen LogP contribution in [0.15, 0.2) is 12.1 Å². The molecule has 1 amide bonds. The Bertz CT molecular complexity index is 518. The Morgan fingerprint density at radius 1 is 1.53 bits per heavy atom. The van der Waals surface area contributed by atoms with Gasteiger partial charge in [0.2, 0.25) is 5.91 Å². The zero-order valence-electron chi connectivity index (χ0n) is 10.5. The topological polar surface area (TPSA) is 96.2 Å². The molecule has 102 valence electrons. The van der Waals surface area contributed by atoms with Crippen molar-refractivity contribution in [1.29, 1.82) is 5.41 Å². The Labute approximate surface area is 117 Å². The molecule has 1 unspecified atom stereocenters. The predicted molar refractivity (Wildman–Crippen MR) is 77.9 cm³/mol. The van der Waals surface area contributed by atoms with E-state index in [1.807, 2.05) is 4.90 Å². The van der Waals surface area contributed by atoms with Gasteiger partial charge in [-0.25, -0.2) is 0 Å². The van der Waals surface area contributed by atoms with Crippen molar-refractivity contribution in [2.45, 2.75) is 12.8 Å². The molecule has 1 aromatic rings. The van der Waals surface area contributed by atoms with Gasteiger partial charge in [-0.3, -0.25) is 4.79 Å². The number of amides is 1. The predicted octanol–water partition coefficient (Wildman–Crippen LogP) is 1.62. The zero-order valence-corrected chi connectivity index (χ0v) is 11.3. The number of nitrogens with one attached hydrogen (secondary N) is 1. The molecule has 6 heteroatoms. The number of anilines is 2. The highest BCUT2D eigenvalue weighted by atomic mass is 35.5. The van der Waals surface area contributed by atoms with Gasteiger partial charge in [0.25, 0.3) is 0 Å². The molecule has 5 N–H and O–H groups in total. The molecule has 0 saturated carbocycles. The Kier molecular flexibility index (Phi) is 3.95. The first-order chi connectivity index (χ1) is 9.02. The summed E-state index contributed by atoms with van der Waals surface area (Å²) in [6.45, 7) is 1.36. The van der Waals surface area contributed by atoms with E-state index in [1.165, 1.54) is 6.21 Å². The van der Waals surface area contributed by atoms with Crippen LogP contribution in [0.25, 0.3) is 0 Å². The maximum absolute atomic E-state index is 11.3. The summed E-state index contributed by atoms with van der Waals surface area (Å²) in [7, 11) is 0. The second kappa shape index (κ2) is 5.48. The smallest absolute Gasteiger partial charge is 0.222 e. The van der Waals surface area contributed by atoms with E-state index in [-0.39, 0.29) is 11.8 Å². The number of piperidine rings is 1. The van der Waals surface area contributed by atoms with Crippen molar-refractivity contribution in [2.75, 3.05) is 23.7 Å². The van der Waals surface area contributed by atoms with Gasteiger partial charge in [-0.1, -0.05) is 11.6 Å².